The van der Waals surface area contributed by atoms with Gasteiger partial charge in [-0.15, -0.1) is 0 Å². The summed E-state index contributed by atoms with van der Waals surface area (Å²) in [6, 6.07) is 13.2. The SMILES string of the molecule is Cc1cc(C(=O)NCC(N)c2ccc(C(C)C)cc2)ccc1NC(=O)CC(C)C. The van der Waals surface area contributed by atoms with Crippen LogP contribution in [0.1, 0.15) is 73.1 Å². The Hall–Kier alpha value is -2.66. The second-order valence-corrected chi connectivity index (χ2v) is 8.31. The highest BCUT2D eigenvalue weighted by atomic mass is 16.2. The van der Waals surface area contributed by atoms with E-state index in [1.165, 1.54) is 5.56 Å². The summed E-state index contributed by atoms with van der Waals surface area (Å²) in [5, 5.41) is 5.80. The number of nitrogens with one attached hydrogen (secondary N) is 2. The second kappa shape index (κ2) is 10.2. The second-order valence-electron chi connectivity index (χ2n) is 8.31. The molecule has 2 aromatic carbocycles. The van der Waals surface area contributed by atoms with E-state index in [-0.39, 0.29) is 17.9 Å². The molecule has 5 heteroatoms. The zero-order valence-electron chi connectivity index (χ0n) is 18.1. The van der Waals surface area contributed by atoms with Crippen molar-refractivity contribution in [2.75, 3.05) is 11.9 Å². The normalized spacial score (nSPS) is 12.1. The molecule has 0 fully saturated rings. The molecule has 0 heterocycles. The predicted molar refractivity (Wildman–Crippen MR) is 119 cm³/mol. The first kappa shape index (κ1) is 22.6. The van der Waals surface area contributed by atoms with Gasteiger partial charge in [0, 0.05) is 30.3 Å². The van der Waals surface area contributed by atoms with Gasteiger partial charge < -0.3 is 16.4 Å². The number of aryl methyl sites for hydroxylation is 1. The fourth-order valence-electron chi connectivity index (χ4n) is 3.07. The average Bonchev–Trinajstić information content (AvgIpc) is 2.66. The first-order valence-corrected chi connectivity index (χ1v) is 10.2. The van der Waals surface area contributed by atoms with E-state index in [1.54, 1.807) is 18.2 Å². The molecule has 0 aliphatic heterocycles. The van der Waals surface area contributed by atoms with Gasteiger partial charge in [0.15, 0.2) is 0 Å². The Bertz CT molecular complexity index is 842. The number of anilines is 1. The average molecular weight is 396 g/mol. The van der Waals surface area contributed by atoms with Crippen molar-refractivity contribution in [1.29, 1.82) is 0 Å². The zero-order valence-corrected chi connectivity index (χ0v) is 18.1. The lowest BCUT2D eigenvalue weighted by Crippen LogP contribution is -2.32. The smallest absolute Gasteiger partial charge is 0.251 e. The maximum atomic E-state index is 12.5. The molecule has 1 atom stereocenters. The summed E-state index contributed by atoms with van der Waals surface area (Å²) < 4.78 is 0. The van der Waals surface area contributed by atoms with E-state index in [9.17, 15) is 9.59 Å². The highest BCUT2D eigenvalue weighted by molar-refractivity contribution is 5.96. The molecular weight excluding hydrogens is 362 g/mol. The number of amides is 2. The van der Waals surface area contributed by atoms with Crippen LogP contribution in [-0.4, -0.2) is 18.4 Å². The lowest BCUT2D eigenvalue weighted by atomic mass is 9.99. The van der Waals surface area contributed by atoms with Crippen molar-refractivity contribution in [1.82, 2.24) is 5.32 Å². The van der Waals surface area contributed by atoms with E-state index in [1.807, 2.05) is 32.9 Å². The number of carbonyl (C=O) groups excluding carboxylic acids is 2. The van der Waals surface area contributed by atoms with Gasteiger partial charge in [-0.1, -0.05) is 52.0 Å². The molecule has 4 N–H and O–H groups in total. The third-order valence-corrected chi connectivity index (χ3v) is 4.87. The molecule has 0 bridgehead atoms. The van der Waals surface area contributed by atoms with E-state index >= 15 is 0 Å². The van der Waals surface area contributed by atoms with Gasteiger partial charge in [-0.2, -0.15) is 0 Å². The molecule has 0 spiro atoms. The van der Waals surface area contributed by atoms with Crippen molar-refractivity contribution >= 4 is 17.5 Å². The number of hydrogen-bond acceptors (Lipinski definition) is 3. The molecule has 2 amide bonds. The van der Waals surface area contributed by atoms with E-state index < -0.39 is 0 Å². The minimum Gasteiger partial charge on any atom is -0.350 e. The van der Waals surface area contributed by atoms with Gasteiger partial charge in [0.2, 0.25) is 5.91 Å². The topological polar surface area (TPSA) is 84.2 Å². The van der Waals surface area contributed by atoms with E-state index in [0.717, 1.165) is 16.8 Å². The number of nitrogens with two attached hydrogens (primary N) is 1. The Morgan fingerprint density at radius 3 is 2.14 bits per heavy atom. The third kappa shape index (κ3) is 6.71. The van der Waals surface area contributed by atoms with Crippen LogP contribution in [0.4, 0.5) is 5.69 Å². The summed E-state index contributed by atoms with van der Waals surface area (Å²) >= 11 is 0. The Balaban J connectivity index is 1.94. The fraction of sp³-hybridized carbons (Fsp3) is 0.417. The van der Waals surface area contributed by atoms with Gasteiger partial charge in [0.25, 0.3) is 5.91 Å². The molecule has 2 aromatic rings. The van der Waals surface area contributed by atoms with Crippen LogP contribution in [0.15, 0.2) is 42.5 Å². The summed E-state index contributed by atoms with van der Waals surface area (Å²) in [6.45, 7) is 10.5. The molecule has 0 radical (unpaired) electrons. The number of carbonyl (C=O) groups is 2. The van der Waals surface area contributed by atoms with Gasteiger partial charge >= 0.3 is 0 Å². The first-order chi connectivity index (χ1) is 13.7. The van der Waals surface area contributed by atoms with Crippen LogP contribution >= 0.6 is 0 Å². The van der Waals surface area contributed by atoms with Crippen molar-refractivity contribution in [3.8, 4) is 0 Å². The summed E-state index contributed by atoms with van der Waals surface area (Å²) in [7, 11) is 0. The van der Waals surface area contributed by atoms with Crippen LogP contribution < -0.4 is 16.4 Å². The van der Waals surface area contributed by atoms with Crippen LogP contribution in [0.25, 0.3) is 0 Å². The van der Waals surface area contributed by atoms with Gasteiger partial charge in [0.1, 0.15) is 0 Å². The largest absolute Gasteiger partial charge is 0.350 e. The van der Waals surface area contributed by atoms with E-state index in [2.05, 4.69) is 36.6 Å². The van der Waals surface area contributed by atoms with Crippen LogP contribution in [0.2, 0.25) is 0 Å². The van der Waals surface area contributed by atoms with Gasteiger partial charge in [-0.3, -0.25) is 9.59 Å². The summed E-state index contributed by atoms with van der Waals surface area (Å²) in [4.78, 5) is 24.5. The van der Waals surface area contributed by atoms with Crippen molar-refractivity contribution in [2.24, 2.45) is 11.7 Å². The highest BCUT2D eigenvalue weighted by Crippen LogP contribution is 2.19. The maximum absolute atomic E-state index is 12.5. The zero-order chi connectivity index (χ0) is 21.6. The molecule has 0 aromatic heterocycles. The Kier molecular flexibility index (Phi) is 7.97. The van der Waals surface area contributed by atoms with E-state index in [4.69, 9.17) is 5.73 Å². The summed E-state index contributed by atoms with van der Waals surface area (Å²) in [6.07, 6.45) is 0.470. The monoisotopic (exact) mass is 395 g/mol. The Labute approximate surface area is 174 Å². The molecule has 0 saturated carbocycles. The van der Waals surface area contributed by atoms with Crippen molar-refractivity contribution in [3.05, 3.63) is 64.7 Å². The van der Waals surface area contributed by atoms with Crippen molar-refractivity contribution in [2.45, 2.75) is 53.0 Å². The molecule has 0 aliphatic carbocycles. The van der Waals surface area contributed by atoms with E-state index in [0.29, 0.717) is 30.4 Å². The predicted octanol–water partition coefficient (Wildman–Crippen LogP) is 4.53. The van der Waals surface area contributed by atoms with Gasteiger partial charge in [0.05, 0.1) is 0 Å². The lowest BCUT2D eigenvalue weighted by molar-refractivity contribution is -0.116. The summed E-state index contributed by atoms with van der Waals surface area (Å²) in [5.41, 5.74) is 10.6. The lowest BCUT2D eigenvalue weighted by Gasteiger charge is -2.15. The van der Waals surface area contributed by atoms with Crippen molar-refractivity contribution in [3.63, 3.8) is 0 Å². The molecule has 2 rings (SSSR count). The van der Waals surface area contributed by atoms with Crippen LogP contribution in [-0.2, 0) is 4.79 Å². The van der Waals surface area contributed by atoms with Crippen molar-refractivity contribution < 1.29 is 9.59 Å². The van der Waals surface area contributed by atoms with Crippen LogP contribution in [0.5, 0.6) is 0 Å². The maximum Gasteiger partial charge on any atom is 0.251 e. The highest BCUT2D eigenvalue weighted by Gasteiger charge is 2.13. The standard InChI is InChI=1S/C24H33N3O2/c1-15(2)12-23(28)27-22-11-10-20(13-17(22)5)24(29)26-14-21(25)19-8-6-18(7-9-19)16(3)4/h6-11,13,15-16,21H,12,14,25H2,1-5H3,(H,26,29)(H,27,28). The quantitative estimate of drug-likeness (QED) is 0.614. The molecule has 0 aliphatic rings. The number of hydrogen-bond donors (Lipinski definition) is 3. The third-order valence-electron chi connectivity index (χ3n) is 4.87. The van der Waals surface area contributed by atoms with Crippen LogP contribution in [0.3, 0.4) is 0 Å². The Morgan fingerprint density at radius 2 is 1.59 bits per heavy atom. The minimum atomic E-state index is -0.268. The number of benzene rings is 2. The number of rotatable bonds is 8. The first-order valence-electron chi connectivity index (χ1n) is 10.2. The summed E-state index contributed by atoms with van der Waals surface area (Å²) in [5.74, 6) is 0.574. The minimum absolute atomic E-state index is 0.0187. The molecule has 0 saturated heterocycles. The molecule has 1 unspecified atom stereocenters. The Morgan fingerprint density at radius 1 is 0.966 bits per heavy atom. The fourth-order valence-corrected chi connectivity index (χ4v) is 3.07. The van der Waals surface area contributed by atoms with Gasteiger partial charge in [-0.05, 0) is 53.6 Å². The molecule has 29 heavy (non-hydrogen) atoms. The molecular formula is C24H33N3O2. The van der Waals surface area contributed by atoms with Crippen LogP contribution in [0, 0.1) is 12.8 Å². The molecule has 156 valence electrons. The van der Waals surface area contributed by atoms with Gasteiger partial charge in [-0.25, -0.2) is 0 Å². The molecule has 5 nitrogen and oxygen atoms in total.